The first-order chi connectivity index (χ1) is 6.62. The average molecular weight is 192 g/mol. The molecule has 0 N–H and O–H groups in total. The molecule has 0 bridgehead atoms. The van der Waals surface area contributed by atoms with Crippen LogP contribution in [0.25, 0.3) is 0 Å². The van der Waals surface area contributed by atoms with Gasteiger partial charge in [-0.25, -0.2) is 0 Å². The van der Waals surface area contributed by atoms with E-state index in [1.54, 1.807) is 0 Å². The molecule has 0 aromatic rings. The molecule has 3 aliphatic rings. The molecule has 1 saturated carbocycles. The lowest BCUT2D eigenvalue weighted by atomic mass is 9.75. The molecule has 0 aromatic heterocycles. The van der Waals surface area contributed by atoms with Gasteiger partial charge < -0.3 is 4.74 Å². The Bertz CT molecular complexity index is 316. The molecular weight excluding hydrogens is 176 g/mol. The molecule has 0 amide bonds. The highest BCUT2D eigenvalue weighted by molar-refractivity contribution is 5.76. The van der Waals surface area contributed by atoms with Crippen LogP contribution in [0.1, 0.15) is 20.3 Å². The summed E-state index contributed by atoms with van der Waals surface area (Å²) in [6.45, 7) is 5.22. The van der Waals surface area contributed by atoms with Gasteiger partial charge in [0.15, 0.2) is 0 Å². The Kier molecular flexibility index (Phi) is 1.47. The van der Waals surface area contributed by atoms with Crippen molar-refractivity contribution in [1.29, 1.82) is 0 Å². The van der Waals surface area contributed by atoms with Gasteiger partial charge in [0, 0.05) is 5.92 Å². The molecule has 1 saturated heterocycles. The van der Waals surface area contributed by atoms with Crippen molar-refractivity contribution in [2.75, 3.05) is 6.61 Å². The van der Waals surface area contributed by atoms with E-state index >= 15 is 0 Å². The van der Waals surface area contributed by atoms with Gasteiger partial charge in [-0.15, -0.1) is 0 Å². The lowest BCUT2D eigenvalue weighted by Gasteiger charge is -2.29. The first-order valence-corrected chi connectivity index (χ1v) is 5.45. The molecule has 0 aromatic carbocycles. The lowest BCUT2D eigenvalue weighted by molar-refractivity contribution is -0.142. The Hall–Kier alpha value is -0.790. The molecule has 2 fully saturated rings. The standard InChI is InChI=1S/C12H16O2/c1-12(2)8-5-3-4-7(8)10-9(12)6-14-11(10)13/h3,5,7-10H,4,6H2,1-2H3/t7-,8+,9+,10+/m0/s1. The summed E-state index contributed by atoms with van der Waals surface area (Å²) in [5, 5.41) is 0. The van der Waals surface area contributed by atoms with Crippen molar-refractivity contribution in [3.05, 3.63) is 12.2 Å². The average Bonchev–Trinajstić information content (AvgIpc) is 2.71. The highest BCUT2D eigenvalue weighted by Crippen LogP contribution is 2.60. The van der Waals surface area contributed by atoms with E-state index in [0.717, 1.165) is 6.42 Å². The largest absolute Gasteiger partial charge is 0.465 e. The molecule has 2 aliphatic carbocycles. The van der Waals surface area contributed by atoms with Gasteiger partial charge in [-0.2, -0.15) is 0 Å². The molecule has 1 heterocycles. The van der Waals surface area contributed by atoms with E-state index in [4.69, 9.17) is 4.74 Å². The monoisotopic (exact) mass is 192 g/mol. The second-order valence-electron chi connectivity index (χ2n) is 5.44. The molecule has 1 aliphatic heterocycles. The van der Waals surface area contributed by atoms with Gasteiger partial charge in [-0.1, -0.05) is 26.0 Å². The number of rotatable bonds is 0. The molecule has 0 spiro atoms. The van der Waals surface area contributed by atoms with Crippen LogP contribution in [-0.2, 0) is 9.53 Å². The maximum absolute atomic E-state index is 11.6. The fourth-order valence-corrected chi connectivity index (χ4v) is 3.78. The third kappa shape index (κ3) is 0.800. The summed E-state index contributed by atoms with van der Waals surface area (Å²) in [5.41, 5.74) is 0.245. The summed E-state index contributed by atoms with van der Waals surface area (Å²) >= 11 is 0. The van der Waals surface area contributed by atoms with Crippen LogP contribution in [0.2, 0.25) is 0 Å². The van der Waals surface area contributed by atoms with Gasteiger partial charge in [0.05, 0.1) is 12.5 Å². The van der Waals surface area contributed by atoms with Crippen LogP contribution in [0.15, 0.2) is 12.2 Å². The molecule has 2 nitrogen and oxygen atoms in total. The Labute approximate surface area is 84.3 Å². The van der Waals surface area contributed by atoms with Crippen molar-refractivity contribution in [2.24, 2.45) is 29.1 Å². The van der Waals surface area contributed by atoms with E-state index in [-0.39, 0.29) is 17.3 Å². The van der Waals surface area contributed by atoms with Gasteiger partial charge in [-0.3, -0.25) is 4.79 Å². The van der Waals surface area contributed by atoms with E-state index in [9.17, 15) is 4.79 Å². The number of ether oxygens (including phenoxy) is 1. The minimum absolute atomic E-state index is 0.0549. The third-order valence-electron chi connectivity index (χ3n) is 4.60. The summed E-state index contributed by atoms with van der Waals surface area (Å²) < 4.78 is 5.20. The molecular formula is C12H16O2. The number of carbonyl (C=O) groups is 1. The molecule has 4 atom stereocenters. The zero-order chi connectivity index (χ0) is 9.92. The SMILES string of the molecule is CC1(C)[C@@H]2C=CC[C@@H]2[C@H]2C(=O)OC[C@H]21. The van der Waals surface area contributed by atoms with Crippen molar-refractivity contribution in [1.82, 2.24) is 0 Å². The Morgan fingerprint density at radius 3 is 3.07 bits per heavy atom. The van der Waals surface area contributed by atoms with Gasteiger partial charge in [0.1, 0.15) is 0 Å². The van der Waals surface area contributed by atoms with Gasteiger partial charge >= 0.3 is 5.97 Å². The van der Waals surface area contributed by atoms with Crippen LogP contribution in [0, 0.1) is 29.1 Å². The normalized spacial score (nSPS) is 47.7. The number of fused-ring (bicyclic) bond motifs is 3. The van der Waals surface area contributed by atoms with E-state index in [2.05, 4.69) is 26.0 Å². The van der Waals surface area contributed by atoms with Gasteiger partial charge in [-0.05, 0) is 23.7 Å². The lowest BCUT2D eigenvalue weighted by Crippen LogP contribution is -2.26. The first kappa shape index (κ1) is 8.51. The minimum Gasteiger partial charge on any atom is -0.465 e. The Morgan fingerprint density at radius 2 is 2.29 bits per heavy atom. The zero-order valence-electron chi connectivity index (χ0n) is 8.69. The fourth-order valence-electron chi connectivity index (χ4n) is 3.78. The number of hydrogen-bond acceptors (Lipinski definition) is 2. The predicted octanol–water partition coefficient (Wildman–Crippen LogP) is 2.01. The van der Waals surface area contributed by atoms with E-state index < -0.39 is 0 Å². The van der Waals surface area contributed by atoms with Crippen LogP contribution in [0.5, 0.6) is 0 Å². The number of allylic oxidation sites excluding steroid dienone is 2. The van der Waals surface area contributed by atoms with Crippen molar-refractivity contribution in [2.45, 2.75) is 20.3 Å². The maximum Gasteiger partial charge on any atom is 0.309 e. The summed E-state index contributed by atoms with van der Waals surface area (Å²) in [6, 6.07) is 0. The van der Waals surface area contributed by atoms with Gasteiger partial charge in [0.2, 0.25) is 0 Å². The minimum atomic E-state index is 0.0549. The summed E-state index contributed by atoms with van der Waals surface area (Å²) in [5.74, 6) is 1.83. The van der Waals surface area contributed by atoms with Crippen LogP contribution in [0.4, 0.5) is 0 Å². The second kappa shape index (κ2) is 2.41. The van der Waals surface area contributed by atoms with Crippen LogP contribution < -0.4 is 0 Å². The molecule has 76 valence electrons. The molecule has 14 heavy (non-hydrogen) atoms. The first-order valence-electron chi connectivity index (χ1n) is 5.45. The van der Waals surface area contributed by atoms with Crippen molar-refractivity contribution in [3.63, 3.8) is 0 Å². The molecule has 2 heteroatoms. The van der Waals surface area contributed by atoms with E-state index in [1.807, 2.05) is 0 Å². The summed E-state index contributed by atoms with van der Waals surface area (Å²) in [7, 11) is 0. The molecule has 3 rings (SSSR count). The van der Waals surface area contributed by atoms with Crippen LogP contribution >= 0.6 is 0 Å². The Morgan fingerprint density at radius 1 is 1.50 bits per heavy atom. The second-order valence-corrected chi connectivity index (χ2v) is 5.44. The smallest absolute Gasteiger partial charge is 0.309 e. The van der Waals surface area contributed by atoms with Crippen molar-refractivity contribution in [3.8, 4) is 0 Å². The predicted molar refractivity (Wildman–Crippen MR) is 52.5 cm³/mol. The quantitative estimate of drug-likeness (QED) is 0.433. The zero-order valence-corrected chi connectivity index (χ0v) is 8.69. The topological polar surface area (TPSA) is 26.3 Å². The molecule has 0 radical (unpaired) electrons. The number of esters is 1. The molecule has 0 unspecified atom stereocenters. The third-order valence-corrected chi connectivity index (χ3v) is 4.60. The van der Waals surface area contributed by atoms with Crippen LogP contribution in [-0.4, -0.2) is 12.6 Å². The van der Waals surface area contributed by atoms with E-state index in [1.165, 1.54) is 0 Å². The van der Waals surface area contributed by atoms with Crippen molar-refractivity contribution < 1.29 is 9.53 Å². The summed E-state index contributed by atoms with van der Waals surface area (Å²) in [4.78, 5) is 11.6. The summed E-state index contributed by atoms with van der Waals surface area (Å²) in [6.07, 6.45) is 5.62. The highest BCUT2D eigenvalue weighted by Gasteiger charge is 2.60. The fraction of sp³-hybridized carbons (Fsp3) is 0.750. The highest BCUT2D eigenvalue weighted by atomic mass is 16.5. The van der Waals surface area contributed by atoms with Crippen LogP contribution in [0.3, 0.4) is 0 Å². The van der Waals surface area contributed by atoms with Crippen molar-refractivity contribution >= 4 is 5.97 Å². The number of cyclic esters (lactones) is 1. The van der Waals surface area contributed by atoms with E-state index in [0.29, 0.717) is 24.4 Å². The Balaban J connectivity index is 2.04. The van der Waals surface area contributed by atoms with Gasteiger partial charge in [0.25, 0.3) is 0 Å². The maximum atomic E-state index is 11.6. The number of hydrogen-bond donors (Lipinski definition) is 0. The number of carbonyl (C=O) groups excluding carboxylic acids is 1.